The molecule has 5 nitrogen and oxygen atoms in total. The first-order valence-electron chi connectivity index (χ1n) is 7.23. The Labute approximate surface area is 125 Å². The van der Waals surface area contributed by atoms with Gasteiger partial charge in [0, 0.05) is 0 Å². The monoisotopic (exact) mass is 311 g/mol. The van der Waals surface area contributed by atoms with Gasteiger partial charge in [-0.3, -0.25) is 0 Å². The van der Waals surface area contributed by atoms with E-state index in [9.17, 15) is 13.2 Å². The van der Waals surface area contributed by atoms with E-state index in [0.29, 0.717) is 18.1 Å². The molecule has 0 bridgehead atoms. The second-order valence-corrected chi connectivity index (χ2v) is 7.22. The molecule has 1 saturated carbocycles. The van der Waals surface area contributed by atoms with E-state index in [0.717, 1.165) is 12.8 Å². The predicted octanol–water partition coefficient (Wildman–Crippen LogP) is 2.33. The van der Waals surface area contributed by atoms with Crippen LogP contribution in [-0.4, -0.2) is 28.0 Å². The Bertz CT molecular complexity index is 574. The summed E-state index contributed by atoms with van der Waals surface area (Å²) in [5.74, 6) is 0.0700. The molecule has 1 aromatic carbocycles. The van der Waals surface area contributed by atoms with Gasteiger partial charge in [-0.1, -0.05) is 19.3 Å². The second kappa shape index (κ2) is 7.04. The van der Waals surface area contributed by atoms with Crippen LogP contribution in [0.25, 0.3) is 0 Å². The molecule has 0 radical (unpaired) electrons. The fraction of sp³-hybridized carbons (Fsp3) is 0.533. The molecule has 1 aromatic rings. The molecule has 0 aliphatic heterocycles. The van der Waals surface area contributed by atoms with E-state index in [1.165, 1.54) is 50.6 Å². The number of hydrogen-bond acceptors (Lipinski definition) is 4. The summed E-state index contributed by atoms with van der Waals surface area (Å²) in [6.07, 6.45) is 5.92. The normalized spacial score (nSPS) is 16.6. The number of rotatable bonds is 5. The van der Waals surface area contributed by atoms with Crippen LogP contribution in [0.5, 0.6) is 0 Å². The maximum absolute atomic E-state index is 11.9. The third-order valence-electron chi connectivity index (χ3n) is 3.84. The Hall–Kier alpha value is -1.40. The number of esters is 1. The molecule has 2 rings (SSSR count). The smallest absolute Gasteiger partial charge is 0.338 e. The van der Waals surface area contributed by atoms with E-state index in [2.05, 4.69) is 4.72 Å². The Morgan fingerprint density at radius 3 is 2.38 bits per heavy atom. The fourth-order valence-corrected chi connectivity index (χ4v) is 3.25. The Balaban J connectivity index is 1.93. The van der Waals surface area contributed by atoms with Crippen molar-refractivity contribution in [1.82, 2.24) is 4.72 Å². The number of carbonyl (C=O) groups excluding carboxylic acids is 1. The van der Waals surface area contributed by atoms with Gasteiger partial charge < -0.3 is 4.74 Å². The zero-order chi connectivity index (χ0) is 15.3. The predicted molar refractivity (Wildman–Crippen MR) is 79.5 cm³/mol. The van der Waals surface area contributed by atoms with E-state index >= 15 is 0 Å². The van der Waals surface area contributed by atoms with Gasteiger partial charge in [0.15, 0.2) is 0 Å². The third kappa shape index (κ3) is 4.28. The van der Waals surface area contributed by atoms with Crippen molar-refractivity contribution in [2.75, 3.05) is 13.7 Å². The lowest BCUT2D eigenvalue weighted by Crippen LogP contribution is -2.19. The molecule has 6 heteroatoms. The van der Waals surface area contributed by atoms with Crippen molar-refractivity contribution in [3.05, 3.63) is 29.8 Å². The van der Waals surface area contributed by atoms with Gasteiger partial charge in [0.2, 0.25) is 10.0 Å². The van der Waals surface area contributed by atoms with Crippen molar-refractivity contribution in [2.24, 2.45) is 5.92 Å². The van der Waals surface area contributed by atoms with Gasteiger partial charge >= 0.3 is 5.97 Å². The molecule has 1 fully saturated rings. The SMILES string of the molecule is CNS(=O)(=O)c1ccc(C(=O)OCC2CCCCC2)cc1. The molecule has 21 heavy (non-hydrogen) atoms. The third-order valence-corrected chi connectivity index (χ3v) is 5.27. The topological polar surface area (TPSA) is 72.5 Å². The summed E-state index contributed by atoms with van der Waals surface area (Å²) >= 11 is 0. The van der Waals surface area contributed by atoms with Crippen LogP contribution in [0.2, 0.25) is 0 Å². The Morgan fingerprint density at radius 1 is 1.19 bits per heavy atom. The van der Waals surface area contributed by atoms with Gasteiger partial charge in [0.05, 0.1) is 17.1 Å². The van der Waals surface area contributed by atoms with Crippen molar-refractivity contribution in [3.63, 3.8) is 0 Å². The van der Waals surface area contributed by atoms with E-state index in [1.54, 1.807) is 0 Å². The van der Waals surface area contributed by atoms with Gasteiger partial charge in [0.25, 0.3) is 0 Å². The standard InChI is InChI=1S/C15H21NO4S/c1-16-21(18,19)14-9-7-13(8-10-14)15(17)20-11-12-5-3-2-4-6-12/h7-10,12,16H,2-6,11H2,1H3. The van der Waals surface area contributed by atoms with Gasteiger partial charge in [-0.25, -0.2) is 17.9 Å². The zero-order valence-corrected chi connectivity index (χ0v) is 13.0. The van der Waals surface area contributed by atoms with E-state index < -0.39 is 16.0 Å². The quantitative estimate of drug-likeness (QED) is 0.847. The maximum Gasteiger partial charge on any atom is 0.338 e. The Kier molecular flexibility index (Phi) is 5.36. The average molecular weight is 311 g/mol. The highest BCUT2D eigenvalue weighted by atomic mass is 32.2. The molecule has 116 valence electrons. The molecule has 1 N–H and O–H groups in total. The first kappa shape index (κ1) is 16.0. The van der Waals surface area contributed by atoms with Gasteiger partial charge in [-0.05, 0) is 50.1 Å². The van der Waals surface area contributed by atoms with Crippen LogP contribution in [0.1, 0.15) is 42.5 Å². The van der Waals surface area contributed by atoms with Crippen LogP contribution in [-0.2, 0) is 14.8 Å². The molecule has 0 saturated heterocycles. The first-order chi connectivity index (χ1) is 10.0. The van der Waals surface area contributed by atoms with Crippen LogP contribution in [0.3, 0.4) is 0 Å². The molecular formula is C15H21NO4S. The van der Waals surface area contributed by atoms with Gasteiger partial charge in [0.1, 0.15) is 0 Å². The summed E-state index contributed by atoms with van der Waals surface area (Å²) < 4.78 is 30.7. The van der Waals surface area contributed by atoms with Crippen molar-refractivity contribution in [3.8, 4) is 0 Å². The number of ether oxygens (including phenoxy) is 1. The van der Waals surface area contributed by atoms with Gasteiger partial charge in [-0.15, -0.1) is 0 Å². The average Bonchev–Trinajstić information content (AvgIpc) is 2.53. The summed E-state index contributed by atoms with van der Waals surface area (Å²) in [6, 6.07) is 5.77. The molecule has 0 spiro atoms. The summed E-state index contributed by atoms with van der Waals surface area (Å²) in [6.45, 7) is 0.454. The number of benzene rings is 1. The second-order valence-electron chi connectivity index (χ2n) is 5.33. The lowest BCUT2D eigenvalue weighted by Gasteiger charge is -2.21. The number of nitrogens with one attached hydrogen (secondary N) is 1. The molecule has 0 aromatic heterocycles. The fourth-order valence-electron chi connectivity index (χ4n) is 2.52. The lowest BCUT2D eigenvalue weighted by atomic mass is 9.90. The number of sulfonamides is 1. The number of carbonyl (C=O) groups is 1. The summed E-state index contributed by atoms with van der Waals surface area (Å²) in [5, 5.41) is 0. The van der Waals surface area contributed by atoms with E-state index in [-0.39, 0.29) is 4.90 Å². The molecule has 0 unspecified atom stereocenters. The van der Waals surface area contributed by atoms with Crippen LogP contribution in [0.4, 0.5) is 0 Å². The zero-order valence-electron chi connectivity index (χ0n) is 12.2. The summed E-state index contributed by atoms with van der Waals surface area (Å²) in [7, 11) is -2.12. The molecule has 0 heterocycles. The van der Waals surface area contributed by atoms with Crippen molar-refractivity contribution in [2.45, 2.75) is 37.0 Å². The van der Waals surface area contributed by atoms with Crippen molar-refractivity contribution in [1.29, 1.82) is 0 Å². The molecule has 1 aliphatic carbocycles. The van der Waals surface area contributed by atoms with E-state index in [4.69, 9.17) is 4.74 Å². The number of hydrogen-bond donors (Lipinski definition) is 1. The highest BCUT2D eigenvalue weighted by molar-refractivity contribution is 7.89. The molecule has 0 atom stereocenters. The van der Waals surface area contributed by atoms with E-state index in [1.807, 2.05) is 0 Å². The van der Waals surface area contributed by atoms with Crippen molar-refractivity contribution < 1.29 is 17.9 Å². The molecular weight excluding hydrogens is 290 g/mol. The lowest BCUT2D eigenvalue weighted by molar-refractivity contribution is 0.0410. The highest BCUT2D eigenvalue weighted by Gasteiger charge is 2.17. The minimum atomic E-state index is -3.47. The van der Waals surface area contributed by atoms with Crippen molar-refractivity contribution >= 4 is 16.0 Å². The largest absolute Gasteiger partial charge is 0.462 e. The van der Waals surface area contributed by atoms with Crippen LogP contribution in [0.15, 0.2) is 29.2 Å². The van der Waals surface area contributed by atoms with Crippen LogP contribution >= 0.6 is 0 Å². The molecule has 1 aliphatic rings. The van der Waals surface area contributed by atoms with Crippen LogP contribution < -0.4 is 4.72 Å². The summed E-state index contributed by atoms with van der Waals surface area (Å²) in [5.41, 5.74) is 0.376. The first-order valence-corrected chi connectivity index (χ1v) is 8.72. The minimum absolute atomic E-state index is 0.133. The Morgan fingerprint density at radius 2 is 1.81 bits per heavy atom. The summed E-state index contributed by atoms with van der Waals surface area (Å²) in [4.78, 5) is 12.1. The van der Waals surface area contributed by atoms with Gasteiger partial charge in [-0.2, -0.15) is 0 Å². The minimum Gasteiger partial charge on any atom is -0.462 e. The highest BCUT2D eigenvalue weighted by Crippen LogP contribution is 2.24. The van der Waals surface area contributed by atoms with Crippen LogP contribution in [0, 0.1) is 5.92 Å². The molecule has 0 amide bonds. The maximum atomic E-state index is 11.9.